The maximum absolute atomic E-state index is 13.0. The van der Waals surface area contributed by atoms with E-state index in [1.807, 2.05) is 44.2 Å². The van der Waals surface area contributed by atoms with Crippen LogP contribution in [0.15, 0.2) is 47.0 Å². The van der Waals surface area contributed by atoms with Crippen LogP contribution in [0.4, 0.5) is 0 Å². The van der Waals surface area contributed by atoms with E-state index in [0.29, 0.717) is 34.6 Å². The lowest BCUT2D eigenvalue weighted by Crippen LogP contribution is -2.30. The predicted molar refractivity (Wildman–Crippen MR) is 125 cm³/mol. The second-order valence-electron chi connectivity index (χ2n) is 7.60. The van der Waals surface area contributed by atoms with Crippen LogP contribution in [0, 0.1) is 20.8 Å². The van der Waals surface area contributed by atoms with Crippen LogP contribution in [0.5, 0.6) is 0 Å². The van der Waals surface area contributed by atoms with Gasteiger partial charge in [0.1, 0.15) is 0 Å². The SMILES string of the molecule is Cc1cc(-c2cc(C(=O)NCCC(=O)NCc3ccccc3)c3c(C)noc3n2)c(C)s1. The first-order valence-corrected chi connectivity index (χ1v) is 11.2. The monoisotopic (exact) mass is 448 g/mol. The second kappa shape index (κ2) is 9.32. The van der Waals surface area contributed by atoms with Gasteiger partial charge in [-0.1, -0.05) is 35.5 Å². The Kier molecular flexibility index (Phi) is 6.32. The maximum atomic E-state index is 13.0. The molecule has 0 unspecified atom stereocenters. The predicted octanol–water partition coefficient (Wildman–Crippen LogP) is 4.31. The Labute approximate surface area is 189 Å². The zero-order valence-corrected chi connectivity index (χ0v) is 19.0. The number of hydrogen-bond acceptors (Lipinski definition) is 6. The van der Waals surface area contributed by atoms with Crippen LogP contribution in [0.25, 0.3) is 22.4 Å². The Morgan fingerprint density at radius 2 is 1.84 bits per heavy atom. The Balaban J connectivity index is 1.46. The molecule has 0 aliphatic carbocycles. The first-order chi connectivity index (χ1) is 15.4. The van der Waals surface area contributed by atoms with E-state index >= 15 is 0 Å². The lowest BCUT2D eigenvalue weighted by molar-refractivity contribution is -0.121. The number of amides is 2. The number of benzene rings is 1. The quantitative estimate of drug-likeness (QED) is 0.439. The molecule has 4 aromatic rings. The Morgan fingerprint density at radius 3 is 2.56 bits per heavy atom. The molecule has 8 heteroatoms. The van der Waals surface area contributed by atoms with E-state index < -0.39 is 0 Å². The summed E-state index contributed by atoms with van der Waals surface area (Å²) in [6, 6.07) is 13.5. The van der Waals surface area contributed by atoms with E-state index in [4.69, 9.17) is 4.52 Å². The van der Waals surface area contributed by atoms with Crippen molar-refractivity contribution in [3.63, 3.8) is 0 Å². The minimum absolute atomic E-state index is 0.125. The van der Waals surface area contributed by atoms with Crippen LogP contribution in [0.1, 0.15) is 37.8 Å². The molecular weight excluding hydrogens is 424 g/mol. The van der Waals surface area contributed by atoms with E-state index in [9.17, 15) is 9.59 Å². The summed E-state index contributed by atoms with van der Waals surface area (Å²) in [5.41, 5.74) is 4.03. The molecule has 0 saturated heterocycles. The zero-order valence-electron chi connectivity index (χ0n) is 18.2. The molecule has 0 radical (unpaired) electrons. The number of aromatic nitrogens is 2. The largest absolute Gasteiger partial charge is 0.352 e. The van der Waals surface area contributed by atoms with Crippen molar-refractivity contribution in [1.29, 1.82) is 0 Å². The summed E-state index contributed by atoms with van der Waals surface area (Å²) in [7, 11) is 0. The maximum Gasteiger partial charge on any atom is 0.259 e. The zero-order chi connectivity index (χ0) is 22.7. The molecule has 4 rings (SSSR count). The summed E-state index contributed by atoms with van der Waals surface area (Å²) < 4.78 is 5.36. The standard InChI is InChI=1S/C24H24N4O3S/c1-14-11-18(16(3)32-14)20-12-19(22-15(2)28-31-24(22)27-20)23(30)25-10-9-21(29)26-13-17-7-5-4-6-8-17/h4-8,11-12H,9-10,13H2,1-3H3,(H,25,30)(H,26,29). The van der Waals surface area contributed by atoms with Gasteiger partial charge in [0.25, 0.3) is 11.6 Å². The average molecular weight is 449 g/mol. The number of hydrogen-bond donors (Lipinski definition) is 2. The van der Waals surface area contributed by atoms with Gasteiger partial charge in [0, 0.05) is 34.8 Å². The normalized spacial score (nSPS) is 11.0. The second-order valence-corrected chi connectivity index (χ2v) is 9.06. The lowest BCUT2D eigenvalue weighted by atomic mass is 10.1. The first-order valence-electron chi connectivity index (χ1n) is 10.4. The fourth-order valence-electron chi connectivity index (χ4n) is 3.57. The molecule has 0 aliphatic rings. The fraction of sp³-hybridized carbons (Fsp3) is 0.250. The molecule has 32 heavy (non-hydrogen) atoms. The van der Waals surface area contributed by atoms with Crippen molar-refractivity contribution in [2.75, 3.05) is 6.54 Å². The van der Waals surface area contributed by atoms with Crippen molar-refractivity contribution in [3.05, 3.63) is 69.0 Å². The molecule has 2 N–H and O–H groups in total. The van der Waals surface area contributed by atoms with E-state index in [0.717, 1.165) is 16.0 Å². The van der Waals surface area contributed by atoms with Crippen molar-refractivity contribution in [2.24, 2.45) is 0 Å². The number of pyridine rings is 1. The highest BCUT2D eigenvalue weighted by Crippen LogP contribution is 2.32. The summed E-state index contributed by atoms with van der Waals surface area (Å²) >= 11 is 1.68. The van der Waals surface area contributed by atoms with E-state index in [2.05, 4.69) is 26.8 Å². The van der Waals surface area contributed by atoms with Crippen LogP contribution in [0.3, 0.4) is 0 Å². The summed E-state index contributed by atoms with van der Waals surface area (Å²) in [6.45, 7) is 6.52. The average Bonchev–Trinajstić information content (AvgIpc) is 3.33. The molecule has 1 aromatic carbocycles. The summed E-state index contributed by atoms with van der Waals surface area (Å²) in [5, 5.41) is 10.3. The van der Waals surface area contributed by atoms with Crippen LogP contribution >= 0.6 is 11.3 Å². The highest BCUT2D eigenvalue weighted by molar-refractivity contribution is 7.12. The highest BCUT2D eigenvalue weighted by Gasteiger charge is 2.20. The van der Waals surface area contributed by atoms with Gasteiger partial charge in [-0.2, -0.15) is 0 Å². The van der Waals surface area contributed by atoms with Gasteiger partial charge in [-0.15, -0.1) is 11.3 Å². The minimum Gasteiger partial charge on any atom is -0.352 e. The summed E-state index contributed by atoms with van der Waals surface area (Å²) in [4.78, 5) is 32.0. The van der Waals surface area contributed by atoms with Gasteiger partial charge in [0.2, 0.25) is 5.91 Å². The first kappa shape index (κ1) is 21.7. The van der Waals surface area contributed by atoms with Gasteiger partial charge in [-0.05, 0) is 38.5 Å². The molecule has 164 valence electrons. The smallest absolute Gasteiger partial charge is 0.259 e. The molecule has 0 spiro atoms. The molecule has 2 amide bonds. The summed E-state index contributed by atoms with van der Waals surface area (Å²) in [5.74, 6) is -0.411. The molecule has 0 aliphatic heterocycles. The fourth-order valence-corrected chi connectivity index (χ4v) is 4.50. The molecule has 0 saturated carbocycles. The van der Waals surface area contributed by atoms with Crippen molar-refractivity contribution < 1.29 is 14.1 Å². The Hall–Kier alpha value is -3.52. The third-order valence-corrected chi connectivity index (χ3v) is 6.11. The number of carbonyl (C=O) groups is 2. The number of nitrogens with one attached hydrogen (secondary N) is 2. The van der Waals surface area contributed by atoms with Crippen LogP contribution < -0.4 is 10.6 Å². The number of carbonyl (C=O) groups excluding carboxylic acids is 2. The lowest BCUT2D eigenvalue weighted by Gasteiger charge is -2.09. The Morgan fingerprint density at radius 1 is 1.06 bits per heavy atom. The summed E-state index contributed by atoms with van der Waals surface area (Å²) in [6.07, 6.45) is 0.186. The number of nitrogens with zero attached hydrogens (tertiary/aromatic N) is 2. The number of rotatable bonds is 7. The van der Waals surface area contributed by atoms with Gasteiger partial charge in [-0.25, -0.2) is 4.98 Å². The van der Waals surface area contributed by atoms with E-state index in [1.54, 1.807) is 24.3 Å². The van der Waals surface area contributed by atoms with Crippen LogP contribution in [-0.2, 0) is 11.3 Å². The minimum atomic E-state index is -0.287. The molecule has 3 aromatic heterocycles. The van der Waals surface area contributed by atoms with E-state index in [-0.39, 0.29) is 24.8 Å². The van der Waals surface area contributed by atoms with Gasteiger partial charge in [-0.3, -0.25) is 9.59 Å². The molecular formula is C24H24N4O3S. The van der Waals surface area contributed by atoms with Crippen molar-refractivity contribution in [1.82, 2.24) is 20.8 Å². The van der Waals surface area contributed by atoms with Gasteiger partial charge < -0.3 is 15.2 Å². The molecule has 0 atom stereocenters. The molecule has 0 bridgehead atoms. The highest BCUT2D eigenvalue weighted by atomic mass is 32.1. The van der Waals surface area contributed by atoms with Crippen molar-refractivity contribution in [3.8, 4) is 11.3 Å². The molecule has 3 heterocycles. The van der Waals surface area contributed by atoms with Crippen molar-refractivity contribution >= 4 is 34.3 Å². The number of thiophene rings is 1. The van der Waals surface area contributed by atoms with Gasteiger partial charge in [0.15, 0.2) is 0 Å². The third kappa shape index (κ3) is 4.70. The Bertz CT molecular complexity index is 1280. The topological polar surface area (TPSA) is 97.1 Å². The van der Waals surface area contributed by atoms with Crippen molar-refractivity contribution in [2.45, 2.75) is 33.7 Å². The van der Waals surface area contributed by atoms with E-state index in [1.165, 1.54) is 4.88 Å². The molecule has 0 fully saturated rings. The van der Waals surface area contributed by atoms with Crippen LogP contribution in [0.2, 0.25) is 0 Å². The number of fused-ring (bicyclic) bond motifs is 1. The van der Waals surface area contributed by atoms with Gasteiger partial charge >= 0.3 is 0 Å². The van der Waals surface area contributed by atoms with Crippen LogP contribution in [-0.4, -0.2) is 28.5 Å². The third-order valence-electron chi connectivity index (χ3n) is 5.15. The molecule has 7 nitrogen and oxygen atoms in total. The van der Waals surface area contributed by atoms with Gasteiger partial charge in [0.05, 0.1) is 22.3 Å². The number of aryl methyl sites for hydroxylation is 3.